The highest BCUT2D eigenvalue weighted by Gasteiger charge is 2.51. The number of rotatable bonds is 8. The van der Waals surface area contributed by atoms with Gasteiger partial charge in [-0.1, -0.05) is 109 Å². The van der Waals surface area contributed by atoms with E-state index in [2.05, 4.69) is 39.1 Å². The van der Waals surface area contributed by atoms with Gasteiger partial charge in [0.1, 0.15) is 0 Å². The van der Waals surface area contributed by atoms with E-state index in [1.165, 1.54) is 11.1 Å². The first-order valence-corrected chi connectivity index (χ1v) is 13.1. The van der Waals surface area contributed by atoms with Gasteiger partial charge in [0.2, 0.25) is 0 Å². The summed E-state index contributed by atoms with van der Waals surface area (Å²) in [6, 6.07) is 37.2. The van der Waals surface area contributed by atoms with E-state index in [1.807, 2.05) is 73.7 Å². The van der Waals surface area contributed by atoms with E-state index in [4.69, 9.17) is 0 Å². The Hall–Kier alpha value is -3.74. The zero-order valence-electron chi connectivity index (χ0n) is 19.5. The predicted molar refractivity (Wildman–Crippen MR) is 139 cm³/mol. The number of aryl methyl sites for hydroxylation is 1. The summed E-state index contributed by atoms with van der Waals surface area (Å²) in [4.78, 5) is 5.04. The second kappa shape index (κ2) is 9.86. The molecule has 0 saturated carbocycles. The van der Waals surface area contributed by atoms with Crippen molar-refractivity contribution in [3.05, 3.63) is 138 Å². The molecule has 1 saturated heterocycles. The summed E-state index contributed by atoms with van der Waals surface area (Å²) in [5.41, 5.74) is 4.96. The second-order valence-corrected chi connectivity index (χ2v) is 10.4. The number of nitrogens with one attached hydrogen (secondary N) is 1. The summed E-state index contributed by atoms with van der Waals surface area (Å²) in [5.74, 6) is 0. The average molecular weight is 482 g/mol. The molecule has 1 aliphatic heterocycles. The molecule has 4 aromatic rings. The lowest BCUT2D eigenvalue weighted by molar-refractivity contribution is 0.497. The number of hydrogen-bond acceptors (Lipinski definition) is 4. The SMILES string of the molecule is Cc1ccc(S(=O)(=O)N/N=C(\c2ccccc2)[C@H]2[C@@H](c3ccccc3)N2Cc2ccccc2)cc1. The summed E-state index contributed by atoms with van der Waals surface area (Å²) in [5, 5.41) is 4.53. The van der Waals surface area contributed by atoms with Crippen LogP contribution in [0.15, 0.2) is 125 Å². The Kier molecular flexibility index (Phi) is 6.49. The predicted octanol–water partition coefficient (Wildman–Crippen LogP) is 5.30. The quantitative estimate of drug-likeness (QED) is 0.211. The first-order valence-electron chi connectivity index (χ1n) is 11.6. The van der Waals surface area contributed by atoms with Crippen molar-refractivity contribution in [1.29, 1.82) is 0 Å². The summed E-state index contributed by atoms with van der Waals surface area (Å²) in [6.45, 7) is 2.66. The number of hydrogen-bond donors (Lipinski definition) is 1. The van der Waals surface area contributed by atoms with Crippen molar-refractivity contribution >= 4 is 15.7 Å². The van der Waals surface area contributed by atoms with Gasteiger partial charge < -0.3 is 0 Å². The minimum absolute atomic E-state index is 0.0688. The zero-order valence-corrected chi connectivity index (χ0v) is 20.3. The molecule has 0 amide bonds. The third-order valence-electron chi connectivity index (χ3n) is 6.24. The van der Waals surface area contributed by atoms with E-state index in [0.29, 0.717) is 5.71 Å². The van der Waals surface area contributed by atoms with Crippen LogP contribution >= 0.6 is 0 Å². The summed E-state index contributed by atoms with van der Waals surface area (Å²) in [7, 11) is -3.80. The smallest absolute Gasteiger partial charge is 0.276 e. The number of sulfonamides is 1. The monoisotopic (exact) mass is 481 g/mol. The Morgan fingerprint density at radius 2 is 1.37 bits per heavy atom. The van der Waals surface area contributed by atoms with Crippen molar-refractivity contribution in [2.75, 3.05) is 0 Å². The molecule has 3 atom stereocenters. The first kappa shape index (κ1) is 23.0. The van der Waals surface area contributed by atoms with Crippen molar-refractivity contribution in [2.45, 2.75) is 30.4 Å². The van der Waals surface area contributed by atoms with Crippen molar-refractivity contribution < 1.29 is 8.42 Å². The van der Waals surface area contributed by atoms with Crippen LogP contribution in [0.4, 0.5) is 0 Å². The molecule has 1 heterocycles. The fourth-order valence-electron chi connectivity index (χ4n) is 4.39. The van der Waals surface area contributed by atoms with Gasteiger partial charge >= 0.3 is 0 Å². The van der Waals surface area contributed by atoms with Crippen LogP contribution in [0.25, 0.3) is 0 Å². The maximum Gasteiger partial charge on any atom is 0.276 e. The molecule has 1 N–H and O–H groups in total. The van der Waals surface area contributed by atoms with Gasteiger partial charge in [-0.2, -0.15) is 18.4 Å². The van der Waals surface area contributed by atoms with Gasteiger partial charge in [-0.3, -0.25) is 4.90 Å². The molecule has 0 aromatic heterocycles. The normalized spacial score (nSPS) is 19.8. The Balaban J connectivity index is 1.51. The lowest BCUT2D eigenvalue weighted by Gasteiger charge is -2.10. The lowest BCUT2D eigenvalue weighted by Crippen LogP contribution is -2.24. The minimum Gasteiger partial charge on any atom is -0.280 e. The molecule has 6 heteroatoms. The molecule has 1 fully saturated rings. The molecule has 0 radical (unpaired) electrons. The van der Waals surface area contributed by atoms with Gasteiger partial charge in [-0.05, 0) is 35.7 Å². The molecule has 0 aliphatic carbocycles. The molecule has 5 nitrogen and oxygen atoms in total. The second-order valence-electron chi connectivity index (χ2n) is 8.73. The molecular formula is C29H27N3O2S. The van der Waals surface area contributed by atoms with Crippen LogP contribution in [-0.4, -0.2) is 25.1 Å². The van der Waals surface area contributed by atoms with E-state index in [9.17, 15) is 8.42 Å². The van der Waals surface area contributed by atoms with Crippen LogP contribution in [0.2, 0.25) is 0 Å². The van der Waals surface area contributed by atoms with Crippen LogP contribution in [0.5, 0.6) is 0 Å². The van der Waals surface area contributed by atoms with Crippen LogP contribution < -0.4 is 4.83 Å². The molecular weight excluding hydrogens is 454 g/mol. The standard InChI is InChI=1S/C29H27N3O2S/c1-22-17-19-26(20-18-22)35(33,34)31-30-27(24-13-7-3-8-14-24)29-28(25-15-9-4-10-16-25)32(29)21-23-11-5-2-6-12-23/h2-20,28-29,31H,21H2,1H3/b30-27+/t28-,29+,32?/m1/s1. The molecule has 4 aromatic carbocycles. The van der Waals surface area contributed by atoms with E-state index in [0.717, 1.165) is 17.7 Å². The fraction of sp³-hybridized carbons (Fsp3) is 0.138. The average Bonchev–Trinajstić information content (AvgIpc) is 3.59. The van der Waals surface area contributed by atoms with E-state index < -0.39 is 10.0 Å². The van der Waals surface area contributed by atoms with Crippen LogP contribution in [-0.2, 0) is 16.6 Å². The van der Waals surface area contributed by atoms with Crippen molar-refractivity contribution in [3.63, 3.8) is 0 Å². The first-order chi connectivity index (χ1) is 17.0. The molecule has 35 heavy (non-hydrogen) atoms. The molecule has 0 spiro atoms. The van der Waals surface area contributed by atoms with Gasteiger partial charge in [0.15, 0.2) is 0 Å². The number of hydrazone groups is 1. The lowest BCUT2D eigenvalue weighted by atomic mass is 10.0. The molecule has 1 aliphatic rings. The Labute approximate surface area is 206 Å². The van der Waals surface area contributed by atoms with Crippen molar-refractivity contribution in [2.24, 2.45) is 5.10 Å². The Morgan fingerprint density at radius 1 is 0.800 bits per heavy atom. The number of nitrogens with zero attached hydrogens (tertiary/aromatic N) is 2. The fourth-order valence-corrected chi connectivity index (χ4v) is 5.21. The van der Waals surface area contributed by atoms with E-state index in [-0.39, 0.29) is 17.0 Å². The molecule has 1 unspecified atom stereocenters. The highest BCUT2D eigenvalue weighted by atomic mass is 32.2. The Morgan fingerprint density at radius 3 is 2.00 bits per heavy atom. The van der Waals surface area contributed by atoms with Crippen LogP contribution in [0, 0.1) is 6.92 Å². The summed E-state index contributed by atoms with van der Waals surface area (Å²) in [6.07, 6.45) is 0. The third-order valence-corrected chi connectivity index (χ3v) is 7.46. The maximum atomic E-state index is 13.0. The van der Waals surface area contributed by atoms with E-state index >= 15 is 0 Å². The van der Waals surface area contributed by atoms with Gasteiger partial charge in [-0.25, -0.2) is 0 Å². The zero-order chi connectivity index (χ0) is 24.3. The molecule has 0 bridgehead atoms. The molecule has 5 rings (SSSR count). The largest absolute Gasteiger partial charge is 0.280 e. The Bertz CT molecular complexity index is 1410. The van der Waals surface area contributed by atoms with E-state index in [1.54, 1.807) is 24.3 Å². The minimum atomic E-state index is -3.80. The van der Waals surface area contributed by atoms with Crippen molar-refractivity contribution in [3.8, 4) is 0 Å². The topological polar surface area (TPSA) is 61.5 Å². The highest BCUT2D eigenvalue weighted by molar-refractivity contribution is 7.89. The van der Waals surface area contributed by atoms with Gasteiger partial charge in [0.25, 0.3) is 10.0 Å². The van der Waals surface area contributed by atoms with Gasteiger partial charge in [0.05, 0.1) is 22.7 Å². The van der Waals surface area contributed by atoms with Gasteiger partial charge in [-0.15, -0.1) is 0 Å². The van der Waals surface area contributed by atoms with Gasteiger partial charge in [0, 0.05) is 6.54 Å². The molecule has 176 valence electrons. The number of benzene rings is 4. The van der Waals surface area contributed by atoms with Crippen LogP contribution in [0.3, 0.4) is 0 Å². The van der Waals surface area contributed by atoms with Crippen molar-refractivity contribution in [1.82, 2.24) is 9.73 Å². The third kappa shape index (κ3) is 5.19. The van der Waals surface area contributed by atoms with Crippen LogP contribution in [0.1, 0.15) is 28.3 Å². The summed E-state index contributed by atoms with van der Waals surface area (Å²) < 4.78 is 26.0. The maximum absolute atomic E-state index is 13.0. The summed E-state index contributed by atoms with van der Waals surface area (Å²) >= 11 is 0. The highest BCUT2D eigenvalue weighted by Crippen LogP contribution is 2.46.